The van der Waals surface area contributed by atoms with Crippen LogP contribution in [-0.2, 0) is 6.18 Å². The molecule has 0 saturated carbocycles. The van der Waals surface area contributed by atoms with E-state index in [0.29, 0.717) is 29.5 Å². The van der Waals surface area contributed by atoms with Gasteiger partial charge >= 0.3 is 6.18 Å². The number of fused-ring (bicyclic) bond motifs is 1. The maximum Gasteiger partial charge on any atom is 0.416 e. The number of nitrogens with one attached hydrogen (secondary N) is 1. The second-order valence-electron chi connectivity index (χ2n) is 5.05. The number of rotatable bonds is 1. The van der Waals surface area contributed by atoms with Crippen molar-refractivity contribution in [2.75, 3.05) is 13.1 Å². The van der Waals surface area contributed by atoms with E-state index in [1.54, 1.807) is 6.07 Å². The van der Waals surface area contributed by atoms with Gasteiger partial charge in [0.25, 0.3) is 0 Å². The maximum absolute atomic E-state index is 13.0. The number of hydrogen-bond acceptors (Lipinski definition) is 2. The van der Waals surface area contributed by atoms with Gasteiger partial charge < -0.3 is 9.73 Å². The fraction of sp³-hybridized carbons (Fsp3) is 0.333. The summed E-state index contributed by atoms with van der Waals surface area (Å²) < 4.78 is 44.4. The fourth-order valence-corrected chi connectivity index (χ4v) is 2.64. The van der Waals surface area contributed by atoms with Crippen LogP contribution in [0, 0.1) is 0 Å². The summed E-state index contributed by atoms with van der Waals surface area (Å²) in [5.74, 6) is 0. The van der Waals surface area contributed by atoms with Gasteiger partial charge in [-0.3, -0.25) is 0 Å². The smallest absolute Gasteiger partial charge is 0.416 e. The second kappa shape index (κ2) is 4.66. The van der Waals surface area contributed by atoms with Gasteiger partial charge in [-0.15, -0.1) is 0 Å². The molecule has 2 nitrogen and oxygen atoms in total. The molecule has 0 bridgehead atoms. The molecule has 106 valence electrons. The highest BCUT2D eigenvalue weighted by molar-refractivity contribution is 5.91. The monoisotopic (exact) mass is 281 g/mol. The van der Waals surface area contributed by atoms with Crippen LogP contribution in [-0.4, -0.2) is 13.1 Å². The van der Waals surface area contributed by atoms with E-state index in [4.69, 9.17) is 4.42 Å². The minimum absolute atomic E-state index is 0.494. The fourth-order valence-electron chi connectivity index (χ4n) is 2.64. The zero-order valence-corrected chi connectivity index (χ0v) is 11.0. The molecule has 5 heteroatoms. The predicted molar refractivity (Wildman–Crippen MR) is 71.3 cm³/mol. The van der Waals surface area contributed by atoms with Crippen LogP contribution in [0.25, 0.3) is 16.5 Å². The Morgan fingerprint density at radius 3 is 2.75 bits per heavy atom. The lowest BCUT2D eigenvalue weighted by molar-refractivity contribution is -0.137. The number of benzene rings is 1. The van der Waals surface area contributed by atoms with Crippen molar-refractivity contribution in [1.29, 1.82) is 0 Å². The summed E-state index contributed by atoms with van der Waals surface area (Å²) in [6, 6.07) is 3.92. The van der Waals surface area contributed by atoms with E-state index in [0.717, 1.165) is 23.8 Å². The molecule has 0 atom stereocenters. The highest BCUT2D eigenvalue weighted by Crippen LogP contribution is 2.37. The molecule has 0 aliphatic carbocycles. The van der Waals surface area contributed by atoms with Crippen LogP contribution >= 0.6 is 0 Å². The Morgan fingerprint density at radius 1 is 1.25 bits per heavy atom. The first-order chi connectivity index (χ1) is 9.47. The Morgan fingerprint density at radius 2 is 2.05 bits per heavy atom. The van der Waals surface area contributed by atoms with Crippen molar-refractivity contribution >= 4 is 16.5 Å². The Kier molecular flexibility index (Phi) is 3.09. The number of furan rings is 1. The lowest BCUT2D eigenvalue weighted by Gasteiger charge is -2.20. The van der Waals surface area contributed by atoms with E-state index in [-0.39, 0.29) is 0 Å². The normalized spacial score (nSPS) is 17.0. The number of hydrogen-bond donors (Lipinski definition) is 1. The first kappa shape index (κ1) is 13.2. The van der Waals surface area contributed by atoms with Gasteiger partial charge in [-0.05, 0) is 43.7 Å². The molecule has 0 amide bonds. The lowest BCUT2D eigenvalue weighted by Crippen LogP contribution is -2.23. The van der Waals surface area contributed by atoms with Crippen molar-refractivity contribution in [3.63, 3.8) is 0 Å². The van der Waals surface area contributed by atoms with Crippen molar-refractivity contribution in [2.24, 2.45) is 0 Å². The SMILES string of the molecule is CC1=C(c2cc(C(F)(F)F)cc3ccoc23)CCNC1. The molecule has 0 saturated heterocycles. The number of halogens is 3. The third-order valence-electron chi connectivity index (χ3n) is 3.66. The summed E-state index contributed by atoms with van der Waals surface area (Å²) in [6.45, 7) is 3.41. The molecule has 1 aromatic carbocycles. The van der Waals surface area contributed by atoms with Gasteiger partial charge in [-0.25, -0.2) is 0 Å². The van der Waals surface area contributed by atoms with Crippen LogP contribution in [0.3, 0.4) is 0 Å². The largest absolute Gasteiger partial charge is 0.464 e. The molecule has 2 aromatic rings. The summed E-state index contributed by atoms with van der Waals surface area (Å²) in [6.07, 6.45) is -2.20. The Bertz CT molecular complexity index is 682. The van der Waals surface area contributed by atoms with Crippen molar-refractivity contribution in [3.05, 3.63) is 41.2 Å². The summed E-state index contributed by atoms with van der Waals surface area (Å²) >= 11 is 0. The Labute approximate surface area is 114 Å². The average molecular weight is 281 g/mol. The molecule has 0 spiro atoms. The van der Waals surface area contributed by atoms with Gasteiger partial charge in [-0.2, -0.15) is 13.2 Å². The molecular weight excluding hydrogens is 267 g/mol. The third kappa shape index (κ3) is 2.22. The van der Waals surface area contributed by atoms with Crippen molar-refractivity contribution in [2.45, 2.75) is 19.5 Å². The molecular formula is C15H14F3NO. The summed E-state index contributed by atoms with van der Waals surface area (Å²) in [5.41, 5.74) is 2.50. The molecule has 3 rings (SSSR count). The molecule has 2 heterocycles. The highest BCUT2D eigenvalue weighted by Gasteiger charge is 2.32. The predicted octanol–water partition coefficient (Wildman–Crippen LogP) is 4.22. The van der Waals surface area contributed by atoms with Gasteiger partial charge in [0.05, 0.1) is 11.8 Å². The minimum atomic E-state index is -4.35. The van der Waals surface area contributed by atoms with Gasteiger partial charge in [-0.1, -0.05) is 5.57 Å². The van der Waals surface area contributed by atoms with E-state index >= 15 is 0 Å². The Balaban J connectivity index is 2.25. The molecule has 1 aromatic heterocycles. The number of alkyl halides is 3. The average Bonchev–Trinajstić information content (AvgIpc) is 2.85. The molecule has 1 aliphatic heterocycles. The highest BCUT2D eigenvalue weighted by atomic mass is 19.4. The van der Waals surface area contributed by atoms with Crippen molar-refractivity contribution in [3.8, 4) is 0 Å². The first-order valence-electron chi connectivity index (χ1n) is 6.45. The quantitative estimate of drug-likeness (QED) is 0.846. The van der Waals surface area contributed by atoms with E-state index in [1.807, 2.05) is 6.92 Å². The van der Waals surface area contributed by atoms with Crippen LogP contribution in [0.1, 0.15) is 24.5 Å². The molecule has 0 unspecified atom stereocenters. The Hall–Kier alpha value is -1.75. The van der Waals surface area contributed by atoms with E-state index in [1.165, 1.54) is 12.3 Å². The molecule has 1 aliphatic rings. The summed E-state index contributed by atoms with van der Waals surface area (Å²) in [5, 5.41) is 3.70. The van der Waals surface area contributed by atoms with E-state index < -0.39 is 11.7 Å². The van der Waals surface area contributed by atoms with Gasteiger partial charge in [0.2, 0.25) is 0 Å². The first-order valence-corrected chi connectivity index (χ1v) is 6.45. The van der Waals surface area contributed by atoms with Crippen molar-refractivity contribution in [1.82, 2.24) is 5.32 Å². The summed E-state index contributed by atoms with van der Waals surface area (Å²) in [4.78, 5) is 0. The molecule has 0 fully saturated rings. The molecule has 20 heavy (non-hydrogen) atoms. The van der Waals surface area contributed by atoms with Crippen molar-refractivity contribution < 1.29 is 17.6 Å². The van der Waals surface area contributed by atoms with Crippen LogP contribution in [0.5, 0.6) is 0 Å². The summed E-state index contributed by atoms with van der Waals surface area (Å²) in [7, 11) is 0. The lowest BCUT2D eigenvalue weighted by atomic mass is 9.92. The van der Waals surface area contributed by atoms with Gasteiger partial charge in [0.1, 0.15) is 5.58 Å². The topological polar surface area (TPSA) is 25.2 Å². The minimum Gasteiger partial charge on any atom is -0.464 e. The standard InChI is InChI=1S/C15H14F3NO/c1-9-8-19-4-2-12(9)13-7-11(15(16,17)18)6-10-3-5-20-14(10)13/h3,5-7,19H,2,4,8H2,1H3. The van der Waals surface area contributed by atoms with Gasteiger partial charge in [0.15, 0.2) is 0 Å². The van der Waals surface area contributed by atoms with E-state index in [9.17, 15) is 13.2 Å². The second-order valence-corrected chi connectivity index (χ2v) is 5.05. The van der Waals surface area contributed by atoms with Crippen LogP contribution in [0.4, 0.5) is 13.2 Å². The van der Waals surface area contributed by atoms with Crippen LogP contribution < -0.4 is 5.32 Å². The van der Waals surface area contributed by atoms with Crippen LogP contribution in [0.15, 0.2) is 34.5 Å². The van der Waals surface area contributed by atoms with Crippen LogP contribution in [0.2, 0.25) is 0 Å². The maximum atomic E-state index is 13.0. The molecule has 1 N–H and O–H groups in total. The zero-order valence-electron chi connectivity index (χ0n) is 11.0. The van der Waals surface area contributed by atoms with Gasteiger partial charge in [0, 0.05) is 17.5 Å². The third-order valence-corrected chi connectivity index (χ3v) is 3.66. The van der Waals surface area contributed by atoms with E-state index in [2.05, 4.69) is 5.32 Å². The molecule has 0 radical (unpaired) electrons. The zero-order chi connectivity index (χ0) is 14.3.